The van der Waals surface area contributed by atoms with Gasteiger partial charge in [0.25, 0.3) is 0 Å². The first-order valence-corrected chi connectivity index (χ1v) is 7.32. The number of hydrogen-bond acceptors (Lipinski definition) is 3. The maximum absolute atomic E-state index is 9.26. The zero-order valence-corrected chi connectivity index (χ0v) is 12.3. The van der Waals surface area contributed by atoms with Crippen LogP contribution in [0.4, 0.5) is 5.69 Å². The van der Waals surface area contributed by atoms with Crippen LogP contribution in [-0.2, 0) is 6.54 Å². The van der Waals surface area contributed by atoms with Crippen molar-refractivity contribution in [1.29, 1.82) is 0 Å². The summed E-state index contributed by atoms with van der Waals surface area (Å²) < 4.78 is 0. The second-order valence-electron chi connectivity index (χ2n) is 5.80. The van der Waals surface area contributed by atoms with Gasteiger partial charge in [-0.2, -0.15) is 0 Å². The predicted octanol–water partition coefficient (Wildman–Crippen LogP) is 2.45. The Bertz CT molecular complexity index is 413. The van der Waals surface area contributed by atoms with Crippen molar-refractivity contribution in [2.75, 3.05) is 18.1 Å². The van der Waals surface area contributed by atoms with E-state index in [0.717, 1.165) is 12.6 Å². The van der Waals surface area contributed by atoms with Gasteiger partial charge in [-0.1, -0.05) is 17.7 Å². The van der Waals surface area contributed by atoms with Crippen molar-refractivity contribution in [2.24, 2.45) is 0 Å². The summed E-state index contributed by atoms with van der Waals surface area (Å²) in [5, 5.41) is 12.9. The summed E-state index contributed by atoms with van der Waals surface area (Å²) in [5.41, 5.74) is 3.89. The molecule has 0 bridgehead atoms. The van der Waals surface area contributed by atoms with Crippen LogP contribution in [0.1, 0.15) is 37.8 Å². The van der Waals surface area contributed by atoms with Crippen LogP contribution in [0.15, 0.2) is 18.2 Å². The maximum Gasteiger partial charge on any atom is 0.0606 e. The summed E-state index contributed by atoms with van der Waals surface area (Å²) in [7, 11) is 0. The molecule has 0 radical (unpaired) electrons. The van der Waals surface area contributed by atoms with E-state index in [9.17, 15) is 5.11 Å². The first-order valence-electron chi connectivity index (χ1n) is 7.32. The van der Waals surface area contributed by atoms with Crippen LogP contribution in [-0.4, -0.2) is 30.3 Å². The minimum absolute atomic E-state index is 0.196. The fourth-order valence-electron chi connectivity index (χ4n) is 2.44. The molecule has 2 N–H and O–H groups in total. The van der Waals surface area contributed by atoms with Crippen molar-refractivity contribution in [2.45, 2.75) is 52.2 Å². The van der Waals surface area contributed by atoms with E-state index in [1.807, 2.05) is 0 Å². The molecule has 1 aromatic carbocycles. The monoisotopic (exact) mass is 262 g/mol. The lowest BCUT2D eigenvalue weighted by Gasteiger charge is -2.30. The third-order valence-corrected chi connectivity index (χ3v) is 3.67. The first kappa shape index (κ1) is 14.4. The summed E-state index contributed by atoms with van der Waals surface area (Å²) in [6.07, 6.45) is 2.62. The molecular weight excluding hydrogens is 236 g/mol. The number of benzene rings is 1. The molecule has 3 heteroatoms. The van der Waals surface area contributed by atoms with Gasteiger partial charge in [0.2, 0.25) is 0 Å². The molecule has 0 spiro atoms. The maximum atomic E-state index is 9.26. The van der Waals surface area contributed by atoms with Gasteiger partial charge in [0.15, 0.2) is 0 Å². The fourth-order valence-corrected chi connectivity index (χ4v) is 2.44. The molecule has 0 saturated heterocycles. The second kappa shape index (κ2) is 6.40. The zero-order chi connectivity index (χ0) is 13.8. The fraction of sp³-hybridized carbons (Fsp3) is 0.625. The van der Waals surface area contributed by atoms with Crippen LogP contribution in [0.2, 0.25) is 0 Å². The van der Waals surface area contributed by atoms with Crippen LogP contribution in [0.25, 0.3) is 0 Å². The summed E-state index contributed by atoms with van der Waals surface area (Å²) in [6, 6.07) is 7.72. The molecule has 1 fully saturated rings. The lowest BCUT2D eigenvalue weighted by Crippen LogP contribution is -2.34. The van der Waals surface area contributed by atoms with Crippen molar-refractivity contribution in [3.63, 3.8) is 0 Å². The Labute approximate surface area is 116 Å². The van der Waals surface area contributed by atoms with Gasteiger partial charge in [0, 0.05) is 30.9 Å². The Morgan fingerprint density at radius 2 is 2.11 bits per heavy atom. The van der Waals surface area contributed by atoms with Gasteiger partial charge in [-0.25, -0.2) is 0 Å². The van der Waals surface area contributed by atoms with E-state index in [-0.39, 0.29) is 6.61 Å². The molecule has 2 rings (SSSR count). The number of aliphatic hydroxyl groups excluding tert-OH is 1. The minimum Gasteiger partial charge on any atom is -0.395 e. The van der Waals surface area contributed by atoms with Crippen LogP contribution in [0.3, 0.4) is 0 Å². The average Bonchev–Trinajstić information content (AvgIpc) is 3.18. The van der Waals surface area contributed by atoms with Crippen molar-refractivity contribution in [1.82, 2.24) is 5.32 Å². The van der Waals surface area contributed by atoms with Crippen LogP contribution in [0, 0.1) is 6.92 Å². The van der Waals surface area contributed by atoms with Gasteiger partial charge in [0.1, 0.15) is 0 Å². The molecule has 0 aromatic heterocycles. The van der Waals surface area contributed by atoms with Crippen molar-refractivity contribution in [3.8, 4) is 0 Å². The summed E-state index contributed by atoms with van der Waals surface area (Å²) in [6.45, 7) is 8.30. The third-order valence-electron chi connectivity index (χ3n) is 3.67. The molecule has 1 aliphatic rings. The van der Waals surface area contributed by atoms with E-state index in [4.69, 9.17) is 0 Å². The lowest BCUT2D eigenvalue weighted by atomic mass is 10.1. The highest BCUT2D eigenvalue weighted by atomic mass is 16.3. The number of rotatable bonds is 7. The topological polar surface area (TPSA) is 35.5 Å². The molecule has 0 atom stereocenters. The largest absolute Gasteiger partial charge is 0.395 e. The van der Waals surface area contributed by atoms with Crippen LogP contribution >= 0.6 is 0 Å². The standard InChI is InChI=1S/C16H26N2O/c1-12(2)18(8-9-19)16-7-4-13(3)10-14(16)11-17-15-5-6-15/h4,7,10,12,15,17,19H,5-6,8-9,11H2,1-3H3. The van der Waals surface area contributed by atoms with Gasteiger partial charge in [-0.15, -0.1) is 0 Å². The second-order valence-corrected chi connectivity index (χ2v) is 5.80. The minimum atomic E-state index is 0.196. The number of nitrogens with zero attached hydrogens (tertiary/aromatic N) is 1. The number of anilines is 1. The van der Waals surface area contributed by atoms with E-state index in [1.165, 1.54) is 29.7 Å². The third kappa shape index (κ3) is 3.95. The SMILES string of the molecule is Cc1ccc(N(CCO)C(C)C)c(CNC2CC2)c1. The normalized spacial score (nSPS) is 15.0. The number of aliphatic hydroxyl groups is 1. The Kier molecular flexibility index (Phi) is 4.83. The number of hydrogen-bond donors (Lipinski definition) is 2. The summed E-state index contributed by atoms with van der Waals surface area (Å²) in [4.78, 5) is 2.28. The number of aryl methyl sites for hydroxylation is 1. The Balaban J connectivity index is 2.19. The highest BCUT2D eigenvalue weighted by Gasteiger charge is 2.21. The van der Waals surface area contributed by atoms with Crippen LogP contribution < -0.4 is 10.2 Å². The highest BCUT2D eigenvalue weighted by Crippen LogP contribution is 2.26. The van der Waals surface area contributed by atoms with Crippen molar-refractivity contribution >= 4 is 5.69 Å². The molecular formula is C16H26N2O. The Morgan fingerprint density at radius 3 is 2.68 bits per heavy atom. The molecule has 0 unspecified atom stereocenters. The highest BCUT2D eigenvalue weighted by molar-refractivity contribution is 5.55. The van der Waals surface area contributed by atoms with E-state index in [1.54, 1.807) is 0 Å². The summed E-state index contributed by atoms with van der Waals surface area (Å²) >= 11 is 0. The lowest BCUT2D eigenvalue weighted by molar-refractivity contribution is 0.299. The molecule has 1 aromatic rings. The molecule has 1 aliphatic carbocycles. The predicted molar refractivity (Wildman–Crippen MR) is 80.6 cm³/mol. The van der Waals surface area contributed by atoms with Crippen molar-refractivity contribution < 1.29 is 5.11 Å². The van der Waals surface area contributed by atoms with E-state index in [0.29, 0.717) is 12.6 Å². The van der Waals surface area contributed by atoms with Gasteiger partial charge in [-0.3, -0.25) is 0 Å². The van der Waals surface area contributed by atoms with Gasteiger partial charge >= 0.3 is 0 Å². The van der Waals surface area contributed by atoms with Gasteiger partial charge in [0.05, 0.1) is 6.61 Å². The molecule has 3 nitrogen and oxygen atoms in total. The average molecular weight is 262 g/mol. The molecule has 0 aliphatic heterocycles. The zero-order valence-electron chi connectivity index (χ0n) is 12.3. The van der Waals surface area contributed by atoms with E-state index < -0.39 is 0 Å². The number of nitrogens with one attached hydrogen (secondary N) is 1. The molecule has 0 amide bonds. The van der Waals surface area contributed by atoms with Crippen LogP contribution in [0.5, 0.6) is 0 Å². The molecule has 1 saturated carbocycles. The Morgan fingerprint density at radius 1 is 1.37 bits per heavy atom. The van der Waals surface area contributed by atoms with E-state index >= 15 is 0 Å². The van der Waals surface area contributed by atoms with Crippen molar-refractivity contribution in [3.05, 3.63) is 29.3 Å². The molecule has 106 valence electrons. The van der Waals surface area contributed by atoms with Gasteiger partial charge < -0.3 is 15.3 Å². The van der Waals surface area contributed by atoms with Gasteiger partial charge in [-0.05, 0) is 45.2 Å². The Hall–Kier alpha value is -1.06. The molecule has 19 heavy (non-hydrogen) atoms. The first-order chi connectivity index (χ1) is 9.11. The molecule has 0 heterocycles. The summed E-state index contributed by atoms with van der Waals surface area (Å²) in [5.74, 6) is 0. The smallest absolute Gasteiger partial charge is 0.0606 e. The quantitative estimate of drug-likeness (QED) is 0.792. The van der Waals surface area contributed by atoms with E-state index in [2.05, 4.69) is 49.2 Å².